The van der Waals surface area contributed by atoms with Gasteiger partial charge in [0.1, 0.15) is 12.1 Å². The molecule has 0 aromatic heterocycles. The monoisotopic (exact) mass is 360 g/mol. The van der Waals surface area contributed by atoms with E-state index in [2.05, 4.69) is 16.0 Å². The van der Waals surface area contributed by atoms with Gasteiger partial charge in [0.25, 0.3) is 0 Å². The van der Waals surface area contributed by atoms with E-state index in [1.165, 1.54) is 6.92 Å². The molecule has 0 saturated heterocycles. The number of carboxylic acids is 2. The van der Waals surface area contributed by atoms with Crippen LogP contribution in [0.1, 0.15) is 27.2 Å². The summed E-state index contributed by atoms with van der Waals surface area (Å²) in [7, 11) is 0. The van der Waals surface area contributed by atoms with Crippen LogP contribution < -0.4 is 21.7 Å². The van der Waals surface area contributed by atoms with Crippen molar-refractivity contribution < 1.29 is 34.2 Å². The van der Waals surface area contributed by atoms with Gasteiger partial charge in [-0.3, -0.25) is 19.2 Å². The first-order valence-electron chi connectivity index (χ1n) is 7.53. The van der Waals surface area contributed by atoms with Gasteiger partial charge in [-0.15, -0.1) is 0 Å². The van der Waals surface area contributed by atoms with E-state index in [0.717, 1.165) is 0 Å². The van der Waals surface area contributed by atoms with Gasteiger partial charge in [-0.1, -0.05) is 13.8 Å². The molecule has 142 valence electrons. The van der Waals surface area contributed by atoms with Crippen molar-refractivity contribution >= 4 is 29.7 Å². The van der Waals surface area contributed by atoms with E-state index in [0.29, 0.717) is 0 Å². The van der Waals surface area contributed by atoms with Crippen molar-refractivity contribution in [2.24, 2.45) is 11.7 Å². The number of nitrogens with two attached hydrogens (primary N) is 1. The molecule has 11 heteroatoms. The molecule has 3 atom stereocenters. The van der Waals surface area contributed by atoms with Crippen LogP contribution in [0.15, 0.2) is 0 Å². The number of hydrogen-bond acceptors (Lipinski definition) is 6. The number of carbonyl (C=O) groups is 5. The van der Waals surface area contributed by atoms with Crippen LogP contribution in [0.3, 0.4) is 0 Å². The lowest BCUT2D eigenvalue weighted by Gasteiger charge is -2.22. The third-order valence-electron chi connectivity index (χ3n) is 3.10. The molecule has 0 aliphatic rings. The Hall–Kier alpha value is -2.69. The van der Waals surface area contributed by atoms with E-state index in [1.807, 2.05) is 0 Å². The molecule has 3 amide bonds. The summed E-state index contributed by atoms with van der Waals surface area (Å²) in [4.78, 5) is 57.1. The van der Waals surface area contributed by atoms with Crippen molar-refractivity contribution in [3.8, 4) is 0 Å². The first-order chi connectivity index (χ1) is 11.5. The van der Waals surface area contributed by atoms with Crippen molar-refractivity contribution in [1.82, 2.24) is 16.0 Å². The van der Waals surface area contributed by atoms with Crippen LogP contribution in [0, 0.1) is 5.92 Å². The highest BCUT2D eigenvalue weighted by molar-refractivity contribution is 5.94. The van der Waals surface area contributed by atoms with Gasteiger partial charge in [-0.25, -0.2) is 4.79 Å². The molecule has 0 aliphatic carbocycles. The molecule has 0 fully saturated rings. The summed E-state index contributed by atoms with van der Waals surface area (Å²) in [5, 5.41) is 24.5. The quantitative estimate of drug-likeness (QED) is 0.249. The first kappa shape index (κ1) is 22.3. The molecule has 0 rings (SSSR count). The predicted octanol–water partition coefficient (Wildman–Crippen LogP) is -2.37. The third kappa shape index (κ3) is 8.65. The molecule has 0 spiro atoms. The Morgan fingerprint density at radius 1 is 0.960 bits per heavy atom. The minimum atomic E-state index is -1.49. The molecule has 0 aromatic carbocycles. The lowest BCUT2D eigenvalue weighted by Crippen LogP contribution is -2.55. The SMILES string of the molecule is CC(N)C(=O)NCC(=O)NC(CC(=O)O)C(=O)NC(C(=O)O)C(C)C. The third-order valence-corrected chi connectivity index (χ3v) is 3.10. The van der Waals surface area contributed by atoms with E-state index < -0.39 is 66.7 Å². The van der Waals surface area contributed by atoms with Crippen LogP contribution in [0.25, 0.3) is 0 Å². The van der Waals surface area contributed by atoms with Gasteiger partial charge in [0.2, 0.25) is 17.7 Å². The zero-order valence-corrected chi connectivity index (χ0v) is 14.2. The summed E-state index contributed by atoms with van der Waals surface area (Å²) in [6, 6.07) is -3.57. The predicted molar refractivity (Wildman–Crippen MR) is 85.2 cm³/mol. The average molecular weight is 360 g/mol. The lowest BCUT2D eigenvalue weighted by molar-refractivity contribution is -0.144. The second kappa shape index (κ2) is 10.2. The molecule has 25 heavy (non-hydrogen) atoms. The smallest absolute Gasteiger partial charge is 0.326 e. The molecule has 0 saturated carbocycles. The topological polar surface area (TPSA) is 188 Å². The normalized spacial score (nSPS) is 14.1. The van der Waals surface area contributed by atoms with E-state index in [4.69, 9.17) is 15.9 Å². The van der Waals surface area contributed by atoms with Crippen LogP contribution in [-0.4, -0.2) is 64.5 Å². The molecule has 0 bridgehead atoms. The van der Waals surface area contributed by atoms with Crippen LogP contribution in [0.2, 0.25) is 0 Å². The fourth-order valence-electron chi connectivity index (χ4n) is 1.73. The number of carboxylic acid groups (broad SMARTS) is 2. The molecule has 3 unspecified atom stereocenters. The summed E-state index contributed by atoms with van der Waals surface area (Å²) in [5.41, 5.74) is 5.31. The fraction of sp³-hybridized carbons (Fsp3) is 0.643. The average Bonchev–Trinajstić information content (AvgIpc) is 2.47. The van der Waals surface area contributed by atoms with E-state index in [1.54, 1.807) is 13.8 Å². The zero-order valence-electron chi connectivity index (χ0n) is 14.2. The molecule has 0 aliphatic heterocycles. The number of amides is 3. The number of hydrogen-bond donors (Lipinski definition) is 6. The van der Waals surface area contributed by atoms with Gasteiger partial charge < -0.3 is 31.9 Å². The molecule has 11 nitrogen and oxygen atoms in total. The Morgan fingerprint density at radius 2 is 1.52 bits per heavy atom. The van der Waals surface area contributed by atoms with Crippen LogP contribution in [0.4, 0.5) is 0 Å². The Morgan fingerprint density at radius 3 is 1.92 bits per heavy atom. The fourth-order valence-corrected chi connectivity index (χ4v) is 1.73. The maximum absolute atomic E-state index is 12.1. The number of carbonyl (C=O) groups excluding carboxylic acids is 3. The van der Waals surface area contributed by atoms with Crippen molar-refractivity contribution in [2.75, 3.05) is 6.54 Å². The Bertz CT molecular complexity index is 533. The van der Waals surface area contributed by atoms with E-state index >= 15 is 0 Å². The lowest BCUT2D eigenvalue weighted by atomic mass is 10.0. The summed E-state index contributed by atoms with van der Waals surface area (Å²) in [6.45, 7) is 4.03. The molecule has 7 N–H and O–H groups in total. The summed E-state index contributed by atoms with van der Waals surface area (Å²) >= 11 is 0. The second-order valence-corrected chi connectivity index (χ2v) is 5.79. The number of aliphatic carboxylic acids is 2. The summed E-state index contributed by atoms with van der Waals surface area (Å²) in [5.74, 6) is -5.46. The molecule has 0 radical (unpaired) electrons. The van der Waals surface area contributed by atoms with Crippen LogP contribution >= 0.6 is 0 Å². The second-order valence-electron chi connectivity index (χ2n) is 5.79. The van der Waals surface area contributed by atoms with Crippen molar-refractivity contribution in [2.45, 2.75) is 45.3 Å². The highest BCUT2D eigenvalue weighted by Crippen LogP contribution is 2.03. The highest BCUT2D eigenvalue weighted by atomic mass is 16.4. The maximum Gasteiger partial charge on any atom is 0.326 e. The number of nitrogens with one attached hydrogen (secondary N) is 3. The Kier molecular flexibility index (Phi) is 9.13. The largest absolute Gasteiger partial charge is 0.481 e. The summed E-state index contributed by atoms with van der Waals surface area (Å²) in [6.07, 6.45) is -0.747. The van der Waals surface area contributed by atoms with Gasteiger partial charge >= 0.3 is 11.9 Å². The van der Waals surface area contributed by atoms with Crippen LogP contribution in [0.5, 0.6) is 0 Å². The molecule has 0 aromatic rings. The molecular weight excluding hydrogens is 336 g/mol. The standard InChI is InChI=1S/C14H24N4O7/c1-6(2)11(14(24)25)18-13(23)8(4-10(20)21)17-9(19)5-16-12(22)7(3)15/h6-8,11H,4-5,15H2,1-3H3,(H,16,22)(H,17,19)(H,18,23)(H,20,21)(H,24,25). The van der Waals surface area contributed by atoms with Crippen molar-refractivity contribution in [3.63, 3.8) is 0 Å². The number of rotatable bonds is 10. The molecule has 0 heterocycles. The van der Waals surface area contributed by atoms with Crippen molar-refractivity contribution in [3.05, 3.63) is 0 Å². The van der Waals surface area contributed by atoms with Gasteiger partial charge in [-0.2, -0.15) is 0 Å². The van der Waals surface area contributed by atoms with Gasteiger partial charge in [-0.05, 0) is 12.8 Å². The minimum Gasteiger partial charge on any atom is -0.481 e. The highest BCUT2D eigenvalue weighted by Gasteiger charge is 2.29. The summed E-state index contributed by atoms with van der Waals surface area (Å²) < 4.78 is 0. The first-order valence-corrected chi connectivity index (χ1v) is 7.53. The van der Waals surface area contributed by atoms with Crippen molar-refractivity contribution in [1.29, 1.82) is 0 Å². The van der Waals surface area contributed by atoms with Crippen LogP contribution in [-0.2, 0) is 24.0 Å². The maximum atomic E-state index is 12.1. The zero-order chi connectivity index (χ0) is 19.7. The van der Waals surface area contributed by atoms with E-state index in [-0.39, 0.29) is 0 Å². The molecular formula is C14H24N4O7. The Labute approximate surface area is 144 Å². The van der Waals surface area contributed by atoms with Gasteiger partial charge in [0, 0.05) is 0 Å². The Balaban J connectivity index is 4.90. The van der Waals surface area contributed by atoms with Gasteiger partial charge in [0.15, 0.2) is 0 Å². The minimum absolute atomic E-state index is 0.451. The van der Waals surface area contributed by atoms with Gasteiger partial charge in [0.05, 0.1) is 19.0 Å². The van der Waals surface area contributed by atoms with E-state index in [9.17, 15) is 24.0 Å².